The number of rotatable bonds is 0. The van der Waals surface area contributed by atoms with E-state index in [1.54, 1.807) is 6.07 Å². The largest absolute Gasteiger partial charge is 0.216 e. The Kier molecular flexibility index (Phi) is 3.35. The number of aryl methyl sites for hydroxylation is 1. The normalized spacial score (nSPS) is 10.5. The Morgan fingerprint density at radius 3 is 2.57 bits per heavy atom. The summed E-state index contributed by atoms with van der Waals surface area (Å²) in [6.07, 6.45) is 1.09. The first-order valence-electron chi connectivity index (χ1n) is 3.87. The molecule has 0 radical (unpaired) electrons. The number of benzene rings is 1. The summed E-state index contributed by atoms with van der Waals surface area (Å²) in [4.78, 5) is 0. The second-order valence-corrected chi connectivity index (χ2v) is 5.62. The van der Waals surface area contributed by atoms with Crippen LogP contribution in [0.1, 0.15) is 11.1 Å². The summed E-state index contributed by atoms with van der Waals surface area (Å²) in [7, 11) is -3.23. The Morgan fingerprint density at radius 2 is 2.00 bits per heavy atom. The van der Waals surface area contributed by atoms with Gasteiger partial charge in [-0.1, -0.05) is 22.0 Å². The van der Waals surface area contributed by atoms with E-state index in [1.165, 1.54) is 0 Å². The number of hydrogen-bond acceptors (Lipinski definition) is 2. The molecule has 4 heteroatoms. The molecule has 2 nitrogen and oxygen atoms in total. The van der Waals surface area contributed by atoms with Gasteiger partial charge in [-0.25, -0.2) is 8.42 Å². The Hall–Kier alpha value is -0.790. The number of sulfone groups is 1. The van der Waals surface area contributed by atoms with E-state index < -0.39 is 9.84 Å². The van der Waals surface area contributed by atoms with Crippen molar-refractivity contribution in [1.82, 2.24) is 0 Å². The van der Waals surface area contributed by atoms with Crippen molar-refractivity contribution in [2.24, 2.45) is 0 Å². The van der Waals surface area contributed by atoms with Gasteiger partial charge in [0.25, 0.3) is 0 Å². The van der Waals surface area contributed by atoms with Gasteiger partial charge >= 0.3 is 0 Å². The molecular formula is C10H9BrO2S. The summed E-state index contributed by atoms with van der Waals surface area (Å²) < 4.78 is 22.5. The lowest BCUT2D eigenvalue weighted by Crippen LogP contribution is -1.90. The van der Waals surface area contributed by atoms with E-state index in [0.29, 0.717) is 0 Å². The van der Waals surface area contributed by atoms with Crippen molar-refractivity contribution in [1.29, 1.82) is 0 Å². The topological polar surface area (TPSA) is 34.1 Å². The third-order valence-electron chi connectivity index (χ3n) is 1.57. The first kappa shape index (κ1) is 11.3. The SMILES string of the molecule is Cc1ccc(Br)cc1C#CS(C)(=O)=O. The first-order valence-corrected chi connectivity index (χ1v) is 6.56. The van der Waals surface area contributed by atoms with Crippen LogP contribution in [-0.4, -0.2) is 14.7 Å². The molecule has 0 bridgehead atoms. The van der Waals surface area contributed by atoms with Crippen LogP contribution in [0.2, 0.25) is 0 Å². The number of hydrogen-bond donors (Lipinski definition) is 0. The van der Waals surface area contributed by atoms with Crippen molar-refractivity contribution in [3.63, 3.8) is 0 Å². The van der Waals surface area contributed by atoms with Gasteiger partial charge in [0.2, 0.25) is 9.84 Å². The molecule has 0 aromatic heterocycles. The van der Waals surface area contributed by atoms with E-state index in [-0.39, 0.29) is 0 Å². The van der Waals surface area contributed by atoms with E-state index in [2.05, 4.69) is 27.1 Å². The van der Waals surface area contributed by atoms with Crippen molar-refractivity contribution in [2.45, 2.75) is 6.92 Å². The van der Waals surface area contributed by atoms with Crippen LogP contribution in [0.4, 0.5) is 0 Å². The molecule has 0 atom stereocenters. The maximum absolute atomic E-state index is 10.8. The Morgan fingerprint density at radius 1 is 1.36 bits per heavy atom. The minimum Gasteiger partial charge on any atom is -0.216 e. The summed E-state index contributed by atoms with van der Waals surface area (Å²) in [5.74, 6) is 2.63. The first-order chi connectivity index (χ1) is 6.38. The van der Waals surface area contributed by atoms with E-state index in [0.717, 1.165) is 21.9 Å². The molecule has 0 unspecified atom stereocenters. The molecule has 0 amide bonds. The van der Waals surface area contributed by atoms with Crippen LogP contribution >= 0.6 is 15.9 Å². The Labute approximate surface area is 92.4 Å². The van der Waals surface area contributed by atoms with Crippen LogP contribution in [0.15, 0.2) is 22.7 Å². The van der Waals surface area contributed by atoms with E-state index in [1.807, 2.05) is 19.1 Å². The molecular weight excluding hydrogens is 264 g/mol. The Bertz CT molecular complexity index is 507. The lowest BCUT2D eigenvalue weighted by Gasteiger charge is -1.97. The van der Waals surface area contributed by atoms with Crippen molar-refractivity contribution in [2.75, 3.05) is 6.26 Å². The van der Waals surface area contributed by atoms with Gasteiger partial charge in [0.15, 0.2) is 0 Å². The molecule has 0 spiro atoms. The van der Waals surface area contributed by atoms with Gasteiger partial charge in [-0.15, -0.1) is 0 Å². The highest BCUT2D eigenvalue weighted by Crippen LogP contribution is 2.14. The molecule has 74 valence electrons. The third kappa shape index (κ3) is 3.52. The molecule has 1 aromatic carbocycles. The second-order valence-electron chi connectivity index (χ2n) is 2.96. The fourth-order valence-corrected chi connectivity index (χ4v) is 1.53. The van der Waals surface area contributed by atoms with Crippen LogP contribution in [0.5, 0.6) is 0 Å². The van der Waals surface area contributed by atoms with Gasteiger partial charge in [-0.05, 0) is 30.5 Å². The highest BCUT2D eigenvalue weighted by Gasteiger charge is 1.97. The van der Waals surface area contributed by atoms with Gasteiger partial charge in [0.05, 0.1) is 6.26 Å². The minimum atomic E-state index is -3.23. The predicted octanol–water partition coefficient (Wildman–Crippen LogP) is 2.11. The van der Waals surface area contributed by atoms with E-state index in [4.69, 9.17) is 0 Å². The Balaban J connectivity index is 3.19. The zero-order chi connectivity index (χ0) is 10.8. The van der Waals surface area contributed by atoms with E-state index in [9.17, 15) is 8.42 Å². The average molecular weight is 273 g/mol. The molecule has 0 saturated heterocycles. The summed E-state index contributed by atoms with van der Waals surface area (Å²) in [6, 6.07) is 5.57. The van der Waals surface area contributed by atoms with Crippen LogP contribution in [-0.2, 0) is 9.84 Å². The maximum Gasteiger partial charge on any atom is 0.214 e. The smallest absolute Gasteiger partial charge is 0.214 e. The fraction of sp³-hybridized carbons (Fsp3) is 0.200. The van der Waals surface area contributed by atoms with Crippen LogP contribution in [0.3, 0.4) is 0 Å². The van der Waals surface area contributed by atoms with Gasteiger partial charge in [0, 0.05) is 15.3 Å². The molecule has 0 aliphatic heterocycles. The summed E-state index contributed by atoms with van der Waals surface area (Å²) in [5.41, 5.74) is 1.69. The zero-order valence-electron chi connectivity index (χ0n) is 7.83. The predicted molar refractivity (Wildman–Crippen MR) is 60.6 cm³/mol. The third-order valence-corrected chi connectivity index (χ3v) is 2.54. The molecule has 0 aliphatic rings. The molecule has 14 heavy (non-hydrogen) atoms. The highest BCUT2D eigenvalue weighted by atomic mass is 79.9. The van der Waals surface area contributed by atoms with Gasteiger partial charge in [-0.3, -0.25) is 0 Å². The monoisotopic (exact) mass is 272 g/mol. The molecule has 0 fully saturated rings. The van der Waals surface area contributed by atoms with Gasteiger partial charge < -0.3 is 0 Å². The summed E-state index contributed by atoms with van der Waals surface area (Å²) in [6.45, 7) is 1.89. The highest BCUT2D eigenvalue weighted by molar-refractivity contribution is 9.10. The minimum absolute atomic E-state index is 0.727. The molecule has 0 saturated carbocycles. The van der Waals surface area contributed by atoms with Crippen molar-refractivity contribution < 1.29 is 8.42 Å². The van der Waals surface area contributed by atoms with Crippen LogP contribution in [0, 0.1) is 18.1 Å². The van der Waals surface area contributed by atoms with Crippen LogP contribution < -0.4 is 0 Å². The summed E-state index contributed by atoms with van der Waals surface area (Å²) in [5, 5.41) is 2.21. The molecule has 0 heterocycles. The van der Waals surface area contributed by atoms with Crippen molar-refractivity contribution >= 4 is 25.8 Å². The standard InChI is InChI=1S/C10H9BrO2S/c1-8-3-4-10(11)7-9(8)5-6-14(2,12)13/h3-4,7H,1-2H3. The van der Waals surface area contributed by atoms with Crippen molar-refractivity contribution in [3.8, 4) is 11.2 Å². The number of halogens is 1. The summed E-state index contributed by atoms with van der Waals surface area (Å²) >= 11 is 3.30. The maximum atomic E-state index is 10.8. The second kappa shape index (κ2) is 4.16. The van der Waals surface area contributed by atoms with Crippen LogP contribution in [0.25, 0.3) is 0 Å². The average Bonchev–Trinajstić information content (AvgIpc) is 2.05. The lowest BCUT2D eigenvalue weighted by atomic mass is 10.1. The van der Waals surface area contributed by atoms with E-state index >= 15 is 0 Å². The lowest BCUT2D eigenvalue weighted by molar-refractivity contribution is 0.611. The molecule has 1 rings (SSSR count). The molecule has 0 aliphatic carbocycles. The zero-order valence-corrected chi connectivity index (χ0v) is 10.2. The van der Waals surface area contributed by atoms with Crippen molar-refractivity contribution in [3.05, 3.63) is 33.8 Å². The fourth-order valence-electron chi connectivity index (χ4n) is 0.877. The molecule has 1 aromatic rings. The quantitative estimate of drug-likeness (QED) is 0.678. The van der Waals surface area contributed by atoms with Gasteiger partial charge in [0.1, 0.15) is 0 Å². The van der Waals surface area contributed by atoms with Gasteiger partial charge in [-0.2, -0.15) is 0 Å². The molecule has 0 N–H and O–H groups in total.